The van der Waals surface area contributed by atoms with Gasteiger partial charge in [0.25, 0.3) is 0 Å². The molecule has 0 fully saturated rings. The Morgan fingerprint density at radius 2 is 2.25 bits per heavy atom. The molecule has 0 bridgehead atoms. The molecule has 20 heavy (non-hydrogen) atoms. The number of rotatable bonds is 3. The Hall–Kier alpha value is -1.62. The zero-order valence-corrected chi connectivity index (χ0v) is 12.7. The zero-order valence-electron chi connectivity index (χ0n) is 11.9. The van der Waals surface area contributed by atoms with Gasteiger partial charge in [0.05, 0.1) is 6.04 Å². The number of aryl methyl sites for hydroxylation is 1. The molecular formula is C15H20N4S. The maximum atomic E-state index is 5.89. The molecule has 1 aliphatic rings. The number of nitrogen functional groups attached to an aromatic ring is 1. The van der Waals surface area contributed by atoms with Crippen LogP contribution >= 0.6 is 11.3 Å². The van der Waals surface area contributed by atoms with E-state index in [2.05, 4.69) is 40.6 Å². The van der Waals surface area contributed by atoms with Gasteiger partial charge in [0.2, 0.25) is 0 Å². The van der Waals surface area contributed by atoms with E-state index >= 15 is 0 Å². The standard InChI is InChI=1S/C15H20N4S/c1-9(2)15-18-13(16)8-14(19-15)17-11-4-3-5-12-10(11)6-7-20-12/h6-9,11H,3-5H2,1-2H3,(H3,16,17,18,19). The van der Waals surface area contributed by atoms with Crippen molar-refractivity contribution in [3.63, 3.8) is 0 Å². The SMILES string of the molecule is CC(C)c1nc(N)cc(NC2CCCc3sccc32)n1. The molecule has 3 N–H and O–H groups in total. The van der Waals surface area contributed by atoms with Gasteiger partial charge in [0, 0.05) is 16.9 Å². The fourth-order valence-corrected chi connectivity index (χ4v) is 3.62. The highest BCUT2D eigenvalue weighted by Crippen LogP contribution is 2.35. The summed E-state index contributed by atoms with van der Waals surface area (Å²) in [5, 5.41) is 5.71. The average Bonchev–Trinajstić information content (AvgIpc) is 2.87. The summed E-state index contributed by atoms with van der Waals surface area (Å²) in [6.45, 7) is 4.16. The van der Waals surface area contributed by atoms with Gasteiger partial charge in [-0.1, -0.05) is 13.8 Å². The van der Waals surface area contributed by atoms with Gasteiger partial charge in [-0.05, 0) is 36.3 Å². The molecule has 2 aromatic heterocycles. The van der Waals surface area contributed by atoms with E-state index < -0.39 is 0 Å². The molecule has 4 nitrogen and oxygen atoms in total. The van der Waals surface area contributed by atoms with Crippen molar-refractivity contribution in [1.82, 2.24) is 9.97 Å². The van der Waals surface area contributed by atoms with Gasteiger partial charge >= 0.3 is 0 Å². The van der Waals surface area contributed by atoms with Crippen LogP contribution < -0.4 is 11.1 Å². The first-order chi connectivity index (χ1) is 9.63. The van der Waals surface area contributed by atoms with E-state index in [0.29, 0.717) is 11.9 Å². The van der Waals surface area contributed by atoms with E-state index in [1.54, 1.807) is 0 Å². The Bertz CT molecular complexity index is 606. The summed E-state index contributed by atoms with van der Waals surface area (Å²) >= 11 is 1.85. The molecule has 0 amide bonds. The van der Waals surface area contributed by atoms with Crippen molar-refractivity contribution in [2.24, 2.45) is 0 Å². The fraction of sp³-hybridized carbons (Fsp3) is 0.467. The van der Waals surface area contributed by atoms with Crippen LogP contribution in [0.3, 0.4) is 0 Å². The predicted octanol–water partition coefficient (Wildman–Crippen LogP) is 3.73. The molecule has 0 aromatic carbocycles. The van der Waals surface area contributed by atoms with Crippen molar-refractivity contribution in [3.8, 4) is 0 Å². The highest BCUT2D eigenvalue weighted by atomic mass is 32.1. The van der Waals surface area contributed by atoms with Crippen LogP contribution in [0.25, 0.3) is 0 Å². The number of fused-ring (bicyclic) bond motifs is 1. The highest BCUT2D eigenvalue weighted by molar-refractivity contribution is 7.10. The first kappa shape index (κ1) is 13.4. The molecule has 0 radical (unpaired) electrons. The zero-order chi connectivity index (χ0) is 14.1. The average molecular weight is 288 g/mol. The van der Waals surface area contributed by atoms with Crippen molar-refractivity contribution in [1.29, 1.82) is 0 Å². The van der Waals surface area contributed by atoms with E-state index in [9.17, 15) is 0 Å². The minimum atomic E-state index is 0.280. The van der Waals surface area contributed by atoms with Crippen LogP contribution in [0.2, 0.25) is 0 Å². The summed E-state index contributed by atoms with van der Waals surface area (Å²) in [7, 11) is 0. The molecule has 3 rings (SSSR count). The van der Waals surface area contributed by atoms with E-state index in [1.165, 1.54) is 23.3 Å². The third-order valence-corrected chi connectivity index (χ3v) is 4.65. The summed E-state index contributed by atoms with van der Waals surface area (Å²) in [5.74, 6) is 2.45. The van der Waals surface area contributed by atoms with Crippen LogP contribution in [0.5, 0.6) is 0 Å². The Balaban J connectivity index is 1.86. The lowest BCUT2D eigenvalue weighted by molar-refractivity contribution is 0.606. The second kappa shape index (κ2) is 5.40. The number of anilines is 2. The minimum Gasteiger partial charge on any atom is -0.384 e. The molecule has 0 spiro atoms. The van der Waals surface area contributed by atoms with Gasteiger partial charge in [-0.15, -0.1) is 11.3 Å². The molecule has 1 unspecified atom stereocenters. The van der Waals surface area contributed by atoms with Crippen molar-refractivity contribution in [2.75, 3.05) is 11.1 Å². The smallest absolute Gasteiger partial charge is 0.135 e. The summed E-state index contributed by atoms with van der Waals surface area (Å²) in [4.78, 5) is 10.4. The molecule has 0 saturated heterocycles. The first-order valence-electron chi connectivity index (χ1n) is 7.10. The van der Waals surface area contributed by atoms with Crippen molar-refractivity contribution in [3.05, 3.63) is 33.8 Å². The number of hydrogen-bond acceptors (Lipinski definition) is 5. The maximum absolute atomic E-state index is 5.89. The summed E-state index contributed by atoms with van der Waals surface area (Å²) in [6.07, 6.45) is 3.57. The Kier molecular flexibility index (Phi) is 3.61. The van der Waals surface area contributed by atoms with Crippen LogP contribution in [0.1, 0.15) is 54.9 Å². The summed E-state index contributed by atoms with van der Waals surface area (Å²) in [5.41, 5.74) is 7.31. The van der Waals surface area contributed by atoms with Crippen LogP contribution in [-0.2, 0) is 6.42 Å². The largest absolute Gasteiger partial charge is 0.384 e. The molecular weight excluding hydrogens is 268 g/mol. The molecule has 1 aliphatic carbocycles. The topological polar surface area (TPSA) is 63.8 Å². The van der Waals surface area contributed by atoms with Gasteiger partial charge in [-0.3, -0.25) is 0 Å². The van der Waals surface area contributed by atoms with Crippen LogP contribution in [-0.4, -0.2) is 9.97 Å². The quantitative estimate of drug-likeness (QED) is 0.903. The van der Waals surface area contributed by atoms with Gasteiger partial charge in [-0.2, -0.15) is 0 Å². The highest BCUT2D eigenvalue weighted by Gasteiger charge is 2.21. The van der Waals surface area contributed by atoms with Gasteiger partial charge in [0.1, 0.15) is 17.5 Å². The number of nitrogens with one attached hydrogen (secondary N) is 1. The molecule has 2 aromatic rings. The normalized spacial score (nSPS) is 18.1. The Morgan fingerprint density at radius 1 is 1.40 bits per heavy atom. The Morgan fingerprint density at radius 3 is 3.05 bits per heavy atom. The predicted molar refractivity (Wildman–Crippen MR) is 84.2 cm³/mol. The number of nitrogens with two attached hydrogens (primary N) is 1. The second-order valence-electron chi connectivity index (χ2n) is 5.58. The summed E-state index contributed by atoms with van der Waals surface area (Å²) < 4.78 is 0. The lowest BCUT2D eigenvalue weighted by atomic mass is 9.94. The van der Waals surface area contributed by atoms with Crippen LogP contribution in [0, 0.1) is 0 Å². The number of thiophene rings is 1. The third-order valence-electron chi connectivity index (χ3n) is 3.65. The van der Waals surface area contributed by atoms with Crippen LogP contribution in [0.4, 0.5) is 11.6 Å². The molecule has 0 saturated carbocycles. The number of nitrogens with zero attached hydrogens (tertiary/aromatic N) is 2. The first-order valence-corrected chi connectivity index (χ1v) is 7.98. The maximum Gasteiger partial charge on any atom is 0.135 e. The van der Waals surface area contributed by atoms with E-state index in [4.69, 9.17) is 5.73 Å². The van der Waals surface area contributed by atoms with Gasteiger partial charge in [-0.25, -0.2) is 9.97 Å². The van der Waals surface area contributed by atoms with E-state index in [0.717, 1.165) is 18.1 Å². The van der Waals surface area contributed by atoms with Crippen molar-refractivity contribution < 1.29 is 0 Å². The lowest BCUT2D eigenvalue weighted by Crippen LogP contribution is -2.17. The molecule has 106 valence electrons. The van der Waals surface area contributed by atoms with E-state index in [-0.39, 0.29) is 5.92 Å². The van der Waals surface area contributed by atoms with Gasteiger partial charge < -0.3 is 11.1 Å². The number of hydrogen-bond donors (Lipinski definition) is 2. The van der Waals surface area contributed by atoms with Crippen molar-refractivity contribution in [2.45, 2.75) is 45.1 Å². The molecule has 2 heterocycles. The molecule has 1 atom stereocenters. The Labute approximate surface area is 123 Å². The summed E-state index contributed by atoms with van der Waals surface area (Å²) in [6, 6.07) is 4.40. The van der Waals surface area contributed by atoms with Crippen LogP contribution in [0.15, 0.2) is 17.5 Å². The lowest BCUT2D eigenvalue weighted by Gasteiger charge is -2.24. The number of aromatic nitrogens is 2. The van der Waals surface area contributed by atoms with E-state index in [1.807, 2.05) is 17.4 Å². The second-order valence-corrected chi connectivity index (χ2v) is 6.58. The minimum absolute atomic E-state index is 0.280. The van der Waals surface area contributed by atoms with Crippen molar-refractivity contribution >= 4 is 23.0 Å². The van der Waals surface area contributed by atoms with Gasteiger partial charge in [0.15, 0.2) is 0 Å². The molecule has 5 heteroatoms. The monoisotopic (exact) mass is 288 g/mol. The fourth-order valence-electron chi connectivity index (χ4n) is 2.63. The third kappa shape index (κ3) is 2.63. The molecule has 0 aliphatic heterocycles.